The molecule has 17 heavy (non-hydrogen) atoms. The van der Waals surface area contributed by atoms with Crippen molar-refractivity contribution < 1.29 is 4.74 Å². The fraction of sp³-hybridized carbons (Fsp3) is 0.500. The Labute approximate surface area is 106 Å². The summed E-state index contributed by atoms with van der Waals surface area (Å²) < 4.78 is 5.00. The van der Waals surface area contributed by atoms with E-state index in [0.29, 0.717) is 0 Å². The Morgan fingerprint density at radius 1 is 1.53 bits per heavy atom. The minimum absolute atomic E-state index is 0.0873. The molecule has 0 unspecified atom stereocenters. The highest BCUT2D eigenvalue weighted by molar-refractivity contribution is 7.99. The van der Waals surface area contributed by atoms with Crippen molar-refractivity contribution in [1.82, 2.24) is 4.98 Å². The van der Waals surface area contributed by atoms with Gasteiger partial charge in [0.25, 0.3) is 0 Å². The highest BCUT2D eigenvalue weighted by Crippen LogP contribution is 2.24. The Morgan fingerprint density at radius 3 is 2.82 bits per heavy atom. The van der Waals surface area contributed by atoms with Gasteiger partial charge in [-0.25, -0.2) is 4.98 Å². The molecular weight excluding hydrogens is 234 g/mol. The Morgan fingerprint density at radius 2 is 2.24 bits per heavy atom. The number of nitrogens with two attached hydrogens (primary N) is 1. The Balaban J connectivity index is 2.85. The minimum atomic E-state index is 0.0873. The number of pyridine rings is 1. The summed E-state index contributed by atoms with van der Waals surface area (Å²) in [7, 11) is 1.70. The van der Waals surface area contributed by atoms with E-state index >= 15 is 0 Å². The molecule has 4 nitrogen and oxygen atoms in total. The maximum absolute atomic E-state index is 7.60. The molecule has 0 bridgehead atoms. The predicted octanol–water partition coefficient (Wildman–Crippen LogP) is 2.11. The van der Waals surface area contributed by atoms with Gasteiger partial charge in [0, 0.05) is 25.2 Å². The second kappa shape index (κ2) is 6.61. The van der Waals surface area contributed by atoms with E-state index in [1.165, 1.54) is 0 Å². The van der Waals surface area contributed by atoms with Gasteiger partial charge < -0.3 is 10.5 Å². The van der Waals surface area contributed by atoms with E-state index < -0.39 is 0 Å². The van der Waals surface area contributed by atoms with E-state index in [9.17, 15) is 0 Å². The average Bonchev–Trinajstić information content (AvgIpc) is 2.22. The molecular formula is C12H19N3OS. The topological polar surface area (TPSA) is 72.0 Å². The second-order valence-corrected chi connectivity index (χ2v) is 4.95. The van der Waals surface area contributed by atoms with Crippen LogP contribution in [0, 0.1) is 19.3 Å². The molecule has 1 aromatic rings. The number of ether oxygens (including phenoxy) is 1. The molecule has 94 valence electrons. The zero-order valence-electron chi connectivity index (χ0n) is 10.5. The number of methoxy groups -OCH3 is 1. The Bertz CT molecular complexity index is 407. The summed E-state index contributed by atoms with van der Waals surface area (Å²) in [5.41, 5.74) is 8.34. The van der Waals surface area contributed by atoms with Crippen LogP contribution in [0.4, 0.5) is 0 Å². The summed E-state index contributed by atoms with van der Waals surface area (Å²) >= 11 is 1.63. The molecule has 5 heteroatoms. The number of amidine groups is 1. The molecule has 0 amide bonds. The minimum Gasteiger partial charge on any atom is -0.385 e. The van der Waals surface area contributed by atoms with E-state index in [2.05, 4.69) is 4.98 Å². The van der Waals surface area contributed by atoms with Gasteiger partial charge in [-0.3, -0.25) is 5.41 Å². The van der Waals surface area contributed by atoms with Crippen molar-refractivity contribution in [2.75, 3.05) is 19.5 Å². The van der Waals surface area contributed by atoms with Crippen LogP contribution in [0.3, 0.4) is 0 Å². The average molecular weight is 253 g/mol. The number of hydrogen-bond donors (Lipinski definition) is 2. The lowest BCUT2D eigenvalue weighted by atomic mass is 10.1. The number of rotatable bonds is 6. The fourth-order valence-electron chi connectivity index (χ4n) is 1.61. The van der Waals surface area contributed by atoms with Crippen molar-refractivity contribution in [3.8, 4) is 0 Å². The van der Waals surface area contributed by atoms with Gasteiger partial charge in [0.15, 0.2) is 0 Å². The molecule has 0 saturated carbocycles. The molecule has 3 N–H and O–H groups in total. The van der Waals surface area contributed by atoms with Crippen LogP contribution in [0.2, 0.25) is 0 Å². The molecule has 0 aliphatic rings. The molecule has 1 aromatic heterocycles. The summed E-state index contributed by atoms with van der Waals surface area (Å²) in [4.78, 5) is 4.45. The predicted molar refractivity (Wildman–Crippen MR) is 71.9 cm³/mol. The van der Waals surface area contributed by atoms with Crippen LogP contribution in [-0.2, 0) is 4.74 Å². The van der Waals surface area contributed by atoms with E-state index in [4.69, 9.17) is 15.9 Å². The molecule has 0 aliphatic carbocycles. The van der Waals surface area contributed by atoms with Crippen LogP contribution in [-0.4, -0.2) is 30.3 Å². The first-order valence-electron chi connectivity index (χ1n) is 5.50. The van der Waals surface area contributed by atoms with E-state index in [1.807, 2.05) is 19.9 Å². The van der Waals surface area contributed by atoms with Gasteiger partial charge in [0.05, 0.1) is 5.56 Å². The highest BCUT2D eigenvalue weighted by Gasteiger charge is 2.11. The molecule has 0 aliphatic heterocycles. The van der Waals surface area contributed by atoms with Crippen LogP contribution in [0.5, 0.6) is 0 Å². The molecule has 0 aromatic carbocycles. The third-order valence-corrected chi connectivity index (χ3v) is 3.37. The number of aryl methyl sites for hydroxylation is 2. The Hall–Kier alpha value is -1.07. The first kappa shape index (κ1) is 14.0. The highest BCUT2D eigenvalue weighted by atomic mass is 32.2. The zero-order chi connectivity index (χ0) is 12.8. The van der Waals surface area contributed by atoms with Gasteiger partial charge >= 0.3 is 0 Å². The summed E-state index contributed by atoms with van der Waals surface area (Å²) in [5, 5.41) is 8.46. The number of aromatic nitrogens is 1. The largest absolute Gasteiger partial charge is 0.385 e. The fourth-order valence-corrected chi connectivity index (χ4v) is 2.69. The second-order valence-electron chi connectivity index (χ2n) is 3.87. The lowest BCUT2D eigenvalue weighted by molar-refractivity contribution is 0.200. The van der Waals surface area contributed by atoms with E-state index in [1.54, 1.807) is 18.9 Å². The first-order valence-corrected chi connectivity index (χ1v) is 6.49. The normalized spacial score (nSPS) is 10.5. The van der Waals surface area contributed by atoms with Crippen LogP contribution in [0.1, 0.15) is 23.2 Å². The Kier molecular flexibility index (Phi) is 5.44. The molecule has 0 radical (unpaired) electrons. The van der Waals surface area contributed by atoms with Crippen molar-refractivity contribution in [3.05, 3.63) is 22.9 Å². The summed E-state index contributed by atoms with van der Waals surface area (Å²) in [6.07, 6.45) is 0.965. The molecule has 1 rings (SSSR count). The lowest BCUT2D eigenvalue weighted by Crippen LogP contribution is -2.15. The quantitative estimate of drug-likeness (QED) is 0.352. The first-order chi connectivity index (χ1) is 8.06. The van der Waals surface area contributed by atoms with Crippen molar-refractivity contribution >= 4 is 17.6 Å². The van der Waals surface area contributed by atoms with Crippen molar-refractivity contribution in [1.29, 1.82) is 5.41 Å². The monoisotopic (exact) mass is 253 g/mol. The van der Waals surface area contributed by atoms with Gasteiger partial charge in [-0.05, 0) is 31.9 Å². The lowest BCUT2D eigenvalue weighted by Gasteiger charge is -2.11. The standard InChI is InChI=1S/C12H19N3OS/c1-8-7-9(2)15-12(10(8)11(13)14)17-6-4-5-16-3/h7H,4-6H2,1-3H3,(H3,13,14). The summed E-state index contributed by atoms with van der Waals surface area (Å²) in [6, 6.07) is 1.95. The van der Waals surface area contributed by atoms with Crippen molar-refractivity contribution in [2.45, 2.75) is 25.3 Å². The number of nitrogen functional groups attached to an aromatic ring is 1. The van der Waals surface area contributed by atoms with Gasteiger partial charge in [0.2, 0.25) is 0 Å². The number of nitrogens with one attached hydrogen (secondary N) is 1. The molecule has 0 fully saturated rings. The van der Waals surface area contributed by atoms with Gasteiger partial charge in [0.1, 0.15) is 10.9 Å². The maximum Gasteiger partial charge on any atom is 0.125 e. The van der Waals surface area contributed by atoms with Crippen molar-refractivity contribution in [3.63, 3.8) is 0 Å². The van der Waals surface area contributed by atoms with Crippen LogP contribution < -0.4 is 5.73 Å². The van der Waals surface area contributed by atoms with Crippen LogP contribution >= 0.6 is 11.8 Å². The molecule has 0 atom stereocenters. The van der Waals surface area contributed by atoms with Gasteiger partial charge in [-0.1, -0.05) is 0 Å². The molecule has 1 heterocycles. The summed E-state index contributed by atoms with van der Waals surface area (Å²) in [6.45, 7) is 4.66. The molecule has 0 saturated heterocycles. The molecule has 0 spiro atoms. The number of nitrogens with zero attached hydrogens (tertiary/aromatic N) is 1. The van der Waals surface area contributed by atoms with E-state index in [0.717, 1.165) is 40.6 Å². The van der Waals surface area contributed by atoms with Gasteiger partial charge in [-0.2, -0.15) is 0 Å². The van der Waals surface area contributed by atoms with Crippen LogP contribution in [0.25, 0.3) is 0 Å². The smallest absolute Gasteiger partial charge is 0.125 e. The number of thioether (sulfide) groups is 1. The van der Waals surface area contributed by atoms with Crippen LogP contribution in [0.15, 0.2) is 11.1 Å². The van der Waals surface area contributed by atoms with Crippen molar-refractivity contribution in [2.24, 2.45) is 5.73 Å². The van der Waals surface area contributed by atoms with Gasteiger partial charge in [-0.15, -0.1) is 11.8 Å². The summed E-state index contributed by atoms with van der Waals surface area (Å²) in [5.74, 6) is 1.01. The third-order valence-electron chi connectivity index (χ3n) is 2.31. The zero-order valence-corrected chi connectivity index (χ0v) is 11.4. The maximum atomic E-state index is 7.60. The van der Waals surface area contributed by atoms with E-state index in [-0.39, 0.29) is 5.84 Å². The number of hydrogen-bond acceptors (Lipinski definition) is 4. The third kappa shape index (κ3) is 4.02. The SMILES string of the molecule is COCCCSc1nc(C)cc(C)c1C(=N)N.